The number of hydrogen-bond acceptors (Lipinski definition) is 3. The molecule has 1 saturated heterocycles. The Morgan fingerprint density at radius 1 is 1.39 bits per heavy atom. The van der Waals surface area contributed by atoms with Crippen LogP contribution in [-0.2, 0) is 9.59 Å². The maximum atomic E-state index is 13.3. The molecule has 2 aliphatic rings. The van der Waals surface area contributed by atoms with E-state index in [4.69, 9.17) is 11.6 Å². The molecule has 3 N–H and O–H groups in total. The molecule has 0 spiro atoms. The quantitative estimate of drug-likeness (QED) is 0.737. The molecule has 2 atom stereocenters. The summed E-state index contributed by atoms with van der Waals surface area (Å²) in [6.07, 6.45) is 3.40. The molecule has 0 aromatic heterocycles. The normalized spacial score (nSPS) is 25.9. The van der Waals surface area contributed by atoms with Crippen molar-refractivity contribution in [3.63, 3.8) is 0 Å². The Bertz CT molecular complexity index is 628. The van der Waals surface area contributed by atoms with E-state index in [9.17, 15) is 14.0 Å². The minimum atomic E-state index is -0.802. The number of anilines is 1. The summed E-state index contributed by atoms with van der Waals surface area (Å²) in [5, 5.41) is 8.43. The molecule has 5 nitrogen and oxygen atoms in total. The fraction of sp³-hybridized carbons (Fsp3) is 0.500. The predicted octanol–water partition coefficient (Wildman–Crippen LogP) is 1.92. The summed E-state index contributed by atoms with van der Waals surface area (Å²) >= 11 is 5.58. The van der Waals surface area contributed by atoms with Gasteiger partial charge in [-0.2, -0.15) is 0 Å². The van der Waals surface area contributed by atoms with Crippen molar-refractivity contribution in [3.05, 3.63) is 29.0 Å². The fourth-order valence-corrected chi connectivity index (χ4v) is 3.77. The molecule has 1 aliphatic heterocycles. The maximum absolute atomic E-state index is 13.3. The van der Waals surface area contributed by atoms with E-state index in [-0.39, 0.29) is 16.1 Å². The zero-order valence-electron chi connectivity index (χ0n) is 12.6. The first-order chi connectivity index (χ1) is 11.0. The number of amides is 2. The highest BCUT2D eigenvalue weighted by molar-refractivity contribution is 6.39. The van der Waals surface area contributed by atoms with Crippen LogP contribution in [0.2, 0.25) is 5.02 Å². The van der Waals surface area contributed by atoms with Gasteiger partial charge in [0.05, 0.1) is 5.02 Å². The standard InChI is InChI=1S/C16H19ClFN3O2/c17-12-4-3-11(6-13(12)18)21-15(23)14(22)20-9-16-5-1-2-10(16)7-19-8-16/h3-4,6,10,19H,1-2,5,7-9H2,(H,20,22)(H,21,23)/t10-,16?/m1/s1. The van der Waals surface area contributed by atoms with E-state index in [1.165, 1.54) is 25.0 Å². The molecule has 1 aromatic carbocycles. The molecular formula is C16H19ClFN3O2. The lowest BCUT2D eigenvalue weighted by Gasteiger charge is -2.28. The van der Waals surface area contributed by atoms with Crippen molar-refractivity contribution in [2.45, 2.75) is 19.3 Å². The summed E-state index contributed by atoms with van der Waals surface area (Å²) in [5.74, 6) is -1.58. The highest BCUT2D eigenvalue weighted by Crippen LogP contribution is 2.45. The first kappa shape index (κ1) is 16.2. The van der Waals surface area contributed by atoms with Crippen LogP contribution in [0.25, 0.3) is 0 Å². The average molecular weight is 340 g/mol. The number of nitrogens with one attached hydrogen (secondary N) is 3. The van der Waals surface area contributed by atoms with Crippen LogP contribution >= 0.6 is 11.6 Å². The lowest BCUT2D eigenvalue weighted by molar-refractivity contribution is -0.136. The van der Waals surface area contributed by atoms with Crippen molar-refractivity contribution >= 4 is 29.1 Å². The summed E-state index contributed by atoms with van der Waals surface area (Å²) in [7, 11) is 0. The van der Waals surface area contributed by atoms with Crippen LogP contribution in [-0.4, -0.2) is 31.4 Å². The molecule has 0 radical (unpaired) electrons. The van der Waals surface area contributed by atoms with Gasteiger partial charge in [0, 0.05) is 24.2 Å². The van der Waals surface area contributed by atoms with Gasteiger partial charge in [-0.15, -0.1) is 0 Å². The molecule has 0 bridgehead atoms. The van der Waals surface area contributed by atoms with Gasteiger partial charge in [-0.05, 0) is 43.5 Å². The molecule has 1 aliphatic carbocycles. The van der Waals surface area contributed by atoms with Gasteiger partial charge in [0.1, 0.15) is 5.82 Å². The number of carbonyl (C=O) groups excluding carboxylic acids is 2. The van der Waals surface area contributed by atoms with Gasteiger partial charge < -0.3 is 16.0 Å². The molecule has 23 heavy (non-hydrogen) atoms. The zero-order chi connectivity index (χ0) is 16.4. The second-order valence-corrected chi connectivity index (χ2v) is 6.76. The first-order valence-corrected chi connectivity index (χ1v) is 8.13. The Labute approximate surface area is 139 Å². The highest BCUT2D eigenvalue weighted by atomic mass is 35.5. The third-order valence-corrected chi connectivity index (χ3v) is 5.25. The minimum absolute atomic E-state index is 0.0347. The van der Waals surface area contributed by atoms with Crippen LogP contribution in [0.4, 0.5) is 10.1 Å². The smallest absolute Gasteiger partial charge is 0.313 e. The van der Waals surface area contributed by atoms with Gasteiger partial charge in [0.15, 0.2) is 0 Å². The Morgan fingerprint density at radius 2 is 2.22 bits per heavy atom. The Hall–Kier alpha value is -1.66. The van der Waals surface area contributed by atoms with Crippen molar-refractivity contribution in [2.75, 3.05) is 25.0 Å². The van der Waals surface area contributed by atoms with E-state index in [0.717, 1.165) is 25.6 Å². The predicted molar refractivity (Wildman–Crippen MR) is 85.7 cm³/mol. The van der Waals surface area contributed by atoms with Gasteiger partial charge in [0.2, 0.25) is 0 Å². The zero-order valence-corrected chi connectivity index (χ0v) is 13.4. The second-order valence-electron chi connectivity index (χ2n) is 6.35. The Morgan fingerprint density at radius 3 is 3.00 bits per heavy atom. The molecular weight excluding hydrogens is 321 g/mol. The third kappa shape index (κ3) is 3.33. The van der Waals surface area contributed by atoms with Crippen LogP contribution in [0.1, 0.15) is 19.3 Å². The van der Waals surface area contributed by atoms with Crippen molar-refractivity contribution in [1.29, 1.82) is 0 Å². The van der Waals surface area contributed by atoms with Gasteiger partial charge >= 0.3 is 11.8 Å². The van der Waals surface area contributed by atoms with Crippen LogP contribution in [0.15, 0.2) is 18.2 Å². The molecule has 1 aromatic rings. The first-order valence-electron chi connectivity index (χ1n) is 7.75. The van der Waals surface area contributed by atoms with E-state index in [2.05, 4.69) is 16.0 Å². The SMILES string of the molecule is O=C(NCC12CCC[C@@H]1CNC2)C(=O)Nc1ccc(Cl)c(F)c1. The summed E-state index contributed by atoms with van der Waals surface area (Å²) < 4.78 is 13.3. The number of fused-ring (bicyclic) bond motifs is 1. The molecule has 7 heteroatoms. The fourth-order valence-electron chi connectivity index (χ4n) is 3.65. The summed E-state index contributed by atoms with van der Waals surface area (Å²) in [6, 6.07) is 3.86. The number of carbonyl (C=O) groups is 2. The average Bonchev–Trinajstić information content (AvgIpc) is 3.08. The van der Waals surface area contributed by atoms with E-state index in [0.29, 0.717) is 12.5 Å². The van der Waals surface area contributed by atoms with E-state index < -0.39 is 17.6 Å². The van der Waals surface area contributed by atoms with Crippen molar-refractivity contribution in [2.24, 2.45) is 11.3 Å². The summed E-state index contributed by atoms with van der Waals surface area (Å²) in [5.41, 5.74) is 0.272. The van der Waals surface area contributed by atoms with Gasteiger partial charge in [-0.3, -0.25) is 9.59 Å². The van der Waals surface area contributed by atoms with Crippen molar-refractivity contribution in [3.8, 4) is 0 Å². The van der Waals surface area contributed by atoms with Crippen LogP contribution < -0.4 is 16.0 Å². The second kappa shape index (κ2) is 6.45. The van der Waals surface area contributed by atoms with Crippen molar-refractivity contribution in [1.82, 2.24) is 10.6 Å². The van der Waals surface area contributed by atoms with Crippen molar-refractivity contribution < 1.29 is 14.0 Å². The third-order valence-electron chi connectivity index (χ3n) is 4.95. The molecule has 1 heterocycles. The van der Waals surface area contributed by atoms with Crippen LogP contribution in [0.3, 0.4) is 0 Å². The molecule has 2 amide bonds. The number of rotatable bonds is 3. The lowest BCUT2D eigenvalue weighted by atomic mass is 9.80. The number of halogens is 2. The van der Waals surface area contributed by atoms with E-state index in [1.54, 1.807) is 0 Å². The van der Waals surface area contributed by atoms with Gasteiger partial charge in [0.25, 0.3) is 0 Å². The molecule has 124 valence electrons. The molecule has 3 rings (SSSR count). The number of benzene rings is 1. The maximum Gasteiger partial charge on any atom is 0.313 e. The Kier molecular flexibility index (Phi) is 4.55. The lowest BCUT2D eigenvalue weighted by Crippen LogP contribution is -2.44. The monoisotopic (exact) mass is 339 g/mol. The summed E-state index contributed by atoms with van der Waals surface area (Å²) in [6.45, 7) is 2.35. The van der Waals surface area contributed by atoms with E-state index in [1.807, 2.05) is 0 Å². The van der Waals surface area contributed by atoms with E-state index >= 15 is 0 Å². The van der Waals surface area contributed by atoms with Crippen LogP contribution in [0.5, 0.6) is 0 Å². The minimum Gasteiger partial charge on any atom is -0.347 e. The molecule has 2 fully saturated rings. The number of hydrogen-bond donors (Lipinski definition) is 3. The summed E-state index contributed by atoms with van der Waals surface area (Å²) in [4.78, 5) is 23.9. The van der Waals surface area contributed by atoms with Crippen LogP contribution in [0, 0.1) is 17.2 Å². The van der Waals surface area contributed by atoms with Gasteiger partial charge in [-0.25, -0.2) is 4.39 Å². The van der Waals surface area contributed by atoms with Gasteiger partial charge in [-0.1, -0.05) is 18.0 Å². The molecule has 1 saturated carbocycles. The topological polar surface area (TPSA) is 70.2 Å². The highest BCUT2D eigenvalue weighted by Gasteiger charge is 2.46. The Balaban J connectivity index is 1.55. The largest absolute Gasteiger partial charge is 0.347 e. The molecule has 1 unspecified atom stereocenters.